The summed E-state index contributed by atoms with van der Waals surface area (Å²) in [5, 5.41) is 11.0. The lowest BCUT2D eigenvalue weighted by Crippen LogP contribution is -2.47. The molecule has 0 saturated carbocycles. The van der Waals surface area contributed by atoms with Gasteiger partial charge in [0, 0.05) is 6.54 Å². The number of benzene rings is 2. The molecule has 0 bridgehead atoms. The van der Waals surface area contributed by atoms with Crippen LogP contribution in [0.1, 0.15) is 11.1 Å². The van der Waals surface area contributed by atoms with Crippen LogP contribution >= 0.6 is 0 Å². The minimum absolute atomic E-state index is 0.0176. The van der Waals surface area contributed by atoms with Gasteiger partial charge in [-0.05, 0) is 36.1 Å². The molecular formula is C21H20F2N2O5. The monoisotopic (exact) mass is 418 g/mol. The standard InChI is InChI=1S/C21H20F2N2O5/c22-17-7-6-14(10-18(17)23)8-15(11-24-20(27)28)19(26)25-16(12-30-21(25)29)9-13-4-2-1-3-5-13/h1-7,10,15-16,24H,8-9,11-12H2,(H,27,28)/t15-,16-/m1/s1. The Hall–Kier alpha value is -3.49. The van der Waals surface area contributed by atoms with Crippen molar-refractivity contribution in [3.8, 4) is 0 Å². The van der Waals surface area contributed by atoms with E-state index in [1.807, 2.05) is 30.3 Å². The molecule has 1 fully saturated rings. The minimum atomic E-state index is -1.34. The van der Waals surface area contributed by atoms with Gasteiger partial charge in [0.2, 0.25) is 5.91 Å². The fourth-order valence-electron chi connectivity index (χ4n) is 3.37. The summed E-state index contributed by atoms with van der Waals surface area (Å²) in [5.41, 5.74) is 1.20. The summed E-state index contributed by atoms with van der Waals surface area (Å²) in [7, 11) is 0. The zero-order valence-corrected chi connectivity index (χ0v) is 15.9. The number of imide groups is 1. The predicted molar refractivity (Wildman–Crippen MR) is 102 cm³/mol. The smallest absolute Gasteiger partial charge is 0.416 e. The molecule has 30 heavy (non-hydrogen) atoms. The van der Waals surface area contributed by atoms with E-state index >= 15 is 0 Å². The van der Waals surface area contributed by atoms with Crippen molar-refractivity contribution in [1.29, 1.82) is 0 Å². The van der Waals surface area contributed by atoms with Gasteiger partial charge >= 0.3 is 12.2 Å². The first-order chi connectivity index (χ1) is 14.3. The van der Waals surface area contributed by atoms with Crippen LogP contribution in [0, 0.1) is 17.6 Å². The van der Waals surface area contributed by atoms with Crippen molar-refractivity contribution < 1.29 is 33.0 Å². The van der Waals surface area contributed by atoms with Gasteiger partial charge in [-0.25, -0.2) is 23.3 Å². The number of nitrogens with one attached hydrogen (secondary N) is 1. The van der Waals surface area contributed by atoms with Gasteiger partial charge in [-0.1, -0.05) is 36.4 Å². The lowest BCUT2D eigenvalue weighted by molar-refractivity contribution is -0.133. The highest BCUT2D eigenvalue weighted by molar-refractivity contribution is 5.95. The lowest BCUT2D eigenvalue weighted by atomic mass is 9.96. The van der Waals surface area contributed by atoms with E-state index in [2.05, 4.69) is 5.32 Å². The highest BCUT2D eigenvalue weighted by Gasteiger charge is 2.40. The van der Waals surface area contributed by atoms with Gasteiger partial charge < -0.3 is 15.2 Å². The average Bonchev–Trinajstić information content (AvgIpc) is 3.08. The Labute approximate surface area is 171 Å². The molecule has 0 unspecified atom stereocenters. The van der Waals surface area contributed by atoms with Crippen molar-refractivity contribution in [3.05, 3.63) is 71.3 Å². The zero-order valence-electron chi connectivity index (χ0n) is 15.9. The summed E-state index contributed by atoms with van der Waals surface area (Å²) in [6.45, 7) is -0.279. The molecule has 0 radical (unpaired) electrons. The first-order valence-electron chi connectivity index (χ1n) is 9.29. The van der Waals surface area contributed by atoms with Crippen molar-refractivity contribution in [1.82, 2.24) is 10.2 Å². The van der Waals surface area contributed by atoms with E-state index < -0.39 is 41.7 Å². The molecule has 1 saturated heterocycles. The van der Waals surface area contributed by atoms with E-state index in [9.17, 15) is 23.2 Å². The SMILES string of the molecule is O=C(O)NC[C@@H](Cc1ccc(F)c(F)c1)C(=O)N1C(=O)OC[C@H]1Cc1ccccc1. The van der Waals surface area contributed by atoms with Crippen molar-refractivity contribution in [2.75, 3.05) is 13.2 Å². The second kappa shape index (κ2) is 9.34. The molecule has 2 aromatic rings. The molecule has 158 valence electrons. The maximum Gasteiger partial charge on any atom is 0.416 e. The molecule has 7 nitrogen and oxygen atoms in total. The largest absolute Gasteiger partial charge is 0.465 e. The maximum absolute atomic E-state index is 13.6. The van der Waals surface area contributed by atoms with Crippen LogP contribution in [0.25, 0.3) is 0 Å². The van der Waals surface area contributed by atoms with E-state index in [-0.39, 0.29) is 19.6 Å². The first-order valence-corrected chi connectivity index (χ1v) is 9.29. The summed E-state index contributed by atoms with van der Waals surface area (Å²) < 4.78 is 31.8. The number of carbonyl (C=O) groups excluding carboxylic acids is 2. The number of carbonyl (C=O) groups is 3. The normalized spacial score (nSPS) is 16.8. The van der Waals surface area contributed by atoms with Gasteiger partial charge in [-0.15, -0.1) is 0 Å². The quantitative estimate of drug-likeness (QED) is 0.721. The summed E-state index contributed by atoms with van der Waals surface area (Å²) in [5.74, 6) is -3.75. The molecule has 2 aromatic carbocycles. The third-order valence-corrected chi connectivity index (χ3v) is 4.83. The minimum Gasteiger partial charge on any atom is -0.465 e. The number of nitrogens with zero attached hydrogens (tertiary/aromatic N) is 1. The molecular weight excluding hydrogens is 398 g/mol. The molecule has 0 spiro atoms. The second-order valence-corrected chi connectivity index (χ2v) is 6.96. The Morgan fingerprint density at radius 2 is 1.87 bits per heavy atom. The Morgan fingerprint density at radius 1 is 1.13 bits per heavy atom. The fraction of sp³-hybridized carbons (Fsp3) is 0.286. The molecule has 2 N–H and O–H groups in total. The molecule has 1 aliphatic heterocycles. The number of rotatable bonds is 7. The Balaban J connectivity index is 1.81. The highest BCUT2D eigenvalue weighted by Crippen LogP contribution is 2.22. The molecule has 9 heteroatoms. The third-order valence-electron chi connectivity index (χ3n) is 4.83. The van der Waals surface area contributed by atoms with Crippen molar-refractivity contribution >= 4 is 18.1 Å². The van der Waals surface area contributed by atoms with E-state index in [4.69, 9.17) is 9.84 Å². The van der Waals surface area contributed by atoms with Crippen molar-refractivity contribution in [2.45, 2.75) is 18.9 Å². The van der Waals surface area contributed by atoms with Gasteiger partial charge in [-0.3, -0.25) is 4.79 Å². The molecule has 1 aliphatic rings. The van der Waals surface area contributed by atoms with Gasteiger partial charge in [0.05, 0.1) is 12.0 Å². The zero-order chi connectivity index (χ0) is 21.7. The van der Waals surface area contributed by atoms with E-state index in [1.54, 1.807) is 0 Å². The molecule has 1 heterocycles. The molecule has 0 aromatic heterocycles. The van der Waals surface area contributed by atoms with Crippen LogP contribution in [-0.2, 0) is 22.4 Å². The summed E-state index contributed by atoms with van der Waals surface area (Å²) in [4.78, 5) is 37.3. The van der Waals surface area contributed by atoms with Crippen LogP contribution in [0.5, 0.6) is 0 Å². The van der Waals surface area contributed by atoms with Crippen LogP contribution in [-0.4, -0.2) is 47.3 Å². The highest BCUT2D eigenvalue weighted by atomic mass is 19.2. The summed E-state index contributed by atoms with van der Waals surface area (Å²) in [6, 6.07) is 11.9. The van der Waals surface area contributed by atoms with Crippen molar-refractivity contribution in [3.63, 3.8) is 0 Å². The van der Waals surface area contributed by atoms with Crippen LogP contribution in [0.2, 0.25) is 0 Å². The molecule has 3 amide bonds. The molecule has 0 aliphatic carbocycles. The van der Waals surface area contributed by atoms with Crippen LogP contribution in [0.4, 0.5) is 18.4 Å². The van der Waals surface area contributed by atoms with Gasteiger partial charge in [-0.2, -0.15) is 0 Å². The average molecular weight is 418 g/mol. The topological polar surface area (TPSA) is 95.9 Å². The molecule has 3 rings (SSSR count). The number of hydrogen-bond acceptors (Lipinski definition) is 4. The number of halogens is 2. The fourth-order valence-corrected chi connectivity index (χ4v) is 3.37. The van der Waals surface area contributed by atoms with E-state index in [0.29, 0.717) is 12.0 Å². The maximum atomic E-state index is 13.6. The third kappa shape index (κ3) is 5.11. The van der Waals surface area contributed by atoms with Crippen LogP contribution in [0.15, 0.2) is 48.5 Å². The van der Waals surface area contributed by atoms with Gasteiger partial charge in [0.25, 0.3) is 0 Å². The lowest BCUT2D eigenvalue weighted by Gasteiger charge is -2.25. The number of amides is 3. The Morgan fingerprint density at radius 3 is 2.53 bits per heavy atom. The van der Waals surface area contributed by atoms with E-state index in [0.717, 1.165) is 22.6 Å². The molecule has 2 atom stereocenters. The van der Waals surface area contributed by atoms with Crippen LogP contribution < -0.4 is 5.32 Å². The van der Waals surface area contributed by atoms with Gasteiger partial charge in [0.15, 0.2) is 11.6 Å². The second-order valence-electron chi connectivity index (χ2n) is 6.96. The van der Waals surface area contributed by atoms with Crippen LogP contribution in [0.3, 0.4) is 0 Å². The number of hydrogen-bond donors (Lipinski definition) is 2. The van der Waals surface area contributed by atoms with Gasteiger partial charge in [0.1, 0.15) is 6.61 Å². The number of ether oxygens (including phenoxy) is 1. The predicted octanol–water partition coefficient (Wildman–Crippen LogP) is 2.98. The Bertz CT molecular complexity index is 938. The number of cyclic esters (lactones) is 1. The number of carboxylic acid groups (broad SMARTS) is 1. The first kappa shape index (κ1) is 21.2. The Kier molecular flexibility index (Phi) is 6.61. The summed E-state index contributed by atoms with van der Waals surface area (Å²) >= 11 is 0. The summed E-state index contributed by atoms with van der Waals surface area (Å²) in [6.07, 6.45) is -1.87. The van der Waals surface area contributed by atoms with Crippen molar-refractivity contribution in [2.24, 2.45) is 5.92 Å². The van der Waals surface area contributed by atoms with E-state index in [1.165, 1.54) is 6.07 Å².